The van der Waals surface area contributed by atoms with Crippen LogP contribution in [0.3, 0.4) is 0 Å². The van der Waals surface area contributed by atoms with E-state index < -0.39 is 0 Å². The first-order valence-corrected chi connectivity index (χ1v) is 7.62. The van der Waals surface area contributed by atoms with Crippen LogP contribution in [0.1, 0.15) is 31.4 Å². The van der Waals surface area contributed by atoms with Gasteiger partial charge in [-0.05, 0) is 50.8 Å². The second-order valence-corrected chi connectivity index (χ2v) is 6.13. The molecule has 0 spiro atoms. The zero-order valence-corrected chi connectivity index (χ0v) is 12.1. The van der Waals surface area contributed by atoms with Crippen molar-refractivity contribution < 1.29 is 4.74 Å². The monoisotopic (exact) mass is 280 g/mol. The Kier molecular flexibility index (Phi) is 3.94. The number of rotatable bonds is 4. The maximum absolute atomic E-state index is 6.33. The van der Waals surface area contributed by atoms with Crippen molar-refractivity contribution in [2.75, 3.05) is 13.1 Å². The Morgan fingerprint density at radius 1 is 1.32 bits per heavy atom. The van der Waals surface area contributed by atoms with Crippen LogP contribution in [-0.4, -0.2) is 24.2 Å². The molecule has 4 heteroatoms. The summed E-state index contributed by atoms with van der Waals surface area (Å²) in [5.74, 6) is 2.26. The number of ether oxygens (including phenoxy) is 1. The van der Waals surface area contributed by atoms with Crippen LogP contribution in [0.4, 0.5) is 0 Å². The van der Waals surface area contributed by atoms with Gasteiger partial charge < -0.3 is 10.1 Å². The molecule has 1 saturated heterocycles. The number of hydrogen-bond acceptors (Lipinski definition) is 3. The molecule has 104 valence electrons. The normalized spacial score (nSPS) is 25.1. The van der Waals surface area contributed by atoms with Crippen LogP contribution in [0.25, 0.3) is 0 Å². The van der Waals surface area contributed by atoms with E-state index in [9.17, 15) is 0 Å². The minimum Gasteiger partial charge on any atom is -0.488 e. The van der Waals surface area contributed by atoms with Crippen LogP contribution in [-0.2, 0) is 0 Å². The number of nitrogens with zero attached hydrogens (tertiary/aromatic N) is 1. The smallest absolute Gasteiger partial charge is 0.141 e. The van der Waals surface area contributed by atoms with E-state index in [1.807, 2.05) is 19.1 Å². The van der Waals surface area contributed by atoms with Crippen molar-refractivity contribution in [1.29, 1.82) is 0 Å². The van der Waals surface area contributed by atoms with Crippen molar-refractivity contribution in [2.24, 2.45) is 11.8 Å². The summed E-state index contributed by atoms with van der Waals surface area (Å²) in [7, 11) is 0. The van der Waals surface area contributed by atoms with Crippen molar-refractivity contribution >= 4 is 11.6 Å². The lowest BCUT2D eigenvalue weighted by molar-refractivity contribution is 0.0413. The first-order valence-electron chi connectivity index (χ1n) is 7.24. The molecule has 1 saturated carbocycles. The first-order chi connectivity index (χ1) is 9.24. The van der Waals surface area contributed by atoms with Crippen molar-refractivity contribution in [3.63, 3.8) is 0 Å². The van der Waals surface area contributed by atoms with Crippen molar-refractivity contribution in [1.82, 2.24) is 10.3 Å². The van der Waals surface area contributed by atoms with Gasteiger partial charge in [0.15, 0.2) is 0 Å². The van der Waals surface area contributed by atoms with Gasteiger partial charge in [0.25, 0.3) is 0 Å². The highest BCUT2D eigenvalue weighted by molar-refractivity contribution is 6.29. The summed E-state index contributed by atoms with van der Waals surface area (Å²) in [6.07, 6.45) is 5.53. The SMILES string of the molecule is Cc1nc(Cl)ccc1OC(C1CCC1)C1CCNC1. The maximum Gasteiger partial charge on any atom is 0.141 e. The van der Waals surface area contributed by atoms with Crippen molar-refractivity contribution in [2.45, 2.75) is 38.7 Å². The maximum atomic E-state index is 6.33. The summed E-state index contributed by atoms with van der Waals surface area (Å²) in [6, 6.07) is 3.77. The Morgan fingerprint density at radius 2 is 2.16 bits per heavy atom. The number of aryl methyl sites for hydroxylation is 1. The summed E-state index contributed by atoms with van der Waals surface area (Å²) >= 11 is 5.90. The third-order valence-corrected chi connectivity index (χ3v) is 4.65. The van der Waals surface area contributed by atoms with Crippen LogP contribution >= 0.6 is 11.6 Å². The molecule has 1 N–H and O–H groups in total. The van der Waals surface area contributed by atoms with Gasteiger partial charge in [-0.1, -0.05) is 18.0 Å². The summed E-state index contributed by atoms with van der Waals surface area (Å²) < 4.78 is 6.33. The van der Waals surface area contributed by atoms with Gasteiger partial charge in [-0.15, -0.1) is 0 Å². The molecule has 1 aliphatic heterocycles. The molecular formula is C15H21ClN2O. The van der Waals surface area contributed by atoms with Crippen LogP contribution < -0.4 is 10.1 Å². The summed E-state index contributed by atoms with van der Waals surface area (Å²) in [6.45, 7) is 4.17. The number of hydrogen-bond donors (Lipinski definition) is 1. The van der Waals surface area contributed by atoms with Gasteiger partial charge >= 0.3 is 0 Å². The molecule has 19 heavy (non-hydrogen) atoms. The van der Waals surface area contributed by atoms with Crippen LogP contribution in [0, 0.1) is 18.8 Å². The third kappa shape index (κ3) is 2.87. The molecule has 0 amide bonds. The molecule has 1 aromatic heterocycles. The Labute approximate surface area is 119 Å². The molecule has 0 radical (unpaired) electrons. The van der Waals surface area contributed by atoms with Gasteiger partial charge in [0.2, 0.25) is 0 Å². The molecule has 2 atom stereocenters. The molecule has 1 aliphatic carbocycles. The van der Waals surface area contributed by atoms with Crippen LogP contribution in [0.15, 0.2) is 12.1 Å². The van der Waals surface area contributed by atoms with Crippen LogP contribution in [0.2, 0.25) is 5.15 Å². The fraction of sp³-hybridized carbons (Fsp3) is 0.667. The van der Waals surface area contributed by atoms with Gasteiger partial charge in [0.05, 0.1) is 5.69 Å². The lowest BCUT2D eigenvalue weighted by Gasteiger charge is -2.37. The predicted octanol–water partition coefficient (Wildman–Crippen LogP) is 3.20. The van der Waals surface area contributed by atoms with Crippen molar-refractivity contribution in [3.8, 4) is 5.75 Å². The number of aromatic nitrogens is 1. The molecule has 2 unspecified atom stereocenters. The number of halogens is 1. The van der Waals surface area contributed by atoms with Gasteiger partial charge in [-0.25, -0.2) is 4.98 Å². The zero-order chi connectivity index (χ0) is 13.2. The second kappa shape index (κ2) is 5.68. The van der Waals surface area contributed by atoms with E-state index >= 15 is 0 Å². The van der Waals surface area contributed by atoms with E-state index in [0.717, 1.165) is 30.5 Å². The Bertz CT molecular complexity index is 442. The average molecular weight is 281 g/mol. The molecule has 3 nitrogen and oxygen atoms in total. The topological polar surface area (TPSA) is 34.1 Å². The quantitative estimate of drug-likeness (QED) is 0.860. The lowest BCUT2D eigenvalue weighted by Crippen LogP contribution is -2.39. The Morgan fingerprint density at radius 3 is 2.74 bits per heavy atom. The van der Waals surface area contributed by atoms with Crippen LogP contribution in [0.5, 0.6) is 5.75 Å². The molecule has 0 aromatic carbocycles. The third-order valence-electron chi connectivity index (χ3n) is 4.44. The number of pyridine rings is 1. The second-order valence-electron chi connectivity index (χ2n) is 5.74. The average Bonchev–Trinajstić information content (AvgIpc) is 2.82. The molecule has 2 aliphatic rings. The van der Waals surface area contributed by atoms with E-state index in [4.69, 9.17) is 16.3 Å². The standard InChI is InChI=1S/C15H21ClN2O/c1-10-13(5-6-14(16)18-10)19-15(11-3-2-4-11)12-7-8-17-9-12/h5-6,11-12,15,17H,2-4,7-9H2,1H3. The highest BCUT2D eigenvalue weighted by atomic mass is 35.5. The predicted molar refractivity (Wildman–Crippen MR) is 76.7 cm³/mol. The summed E-state index contributed by atoms with van der Waals surface area (Å²) in [5.41, 5.74) is 0.891. The van der Waals surface area contributed by atoms with E-state index in [1.165, 1.54) is 25.7 Å². The fourth-order valence-electron chi connectivity index (χ4n) is 3.09. The Balaban J connectivity index is 1.75. The molecule has 2 heterocycles. The van der Waals surface area contributed by atoms with E-state index in [0.29, 0.717) is 17.2 Å². The summed E-state index contributed by atoms with van der Waals surface area (Å²) in [5, 5.41) is 3.98. The molecule has 2 fully saturated rings. The highest BCUT2D eigenvalue weighted by Gasteiger charge is 2.36. The van der Waals surface area contributed by atoms with Gasteiger partial charge in [0, 0.05) is 12.5 Å². The van der Waals surface area contributed by atoms with Crippen molar-refractivity contribution in [3.05, 3.63) is 23.0 Å². The highest BCUT2D eigenvalue weighted by Crippen LogP contribution is 2.37. The van der Waals surface area contributed by atoms with Gasteiger partial charge in [-0.3, -0.25) is 0 Å². The summed E-state index contributed by atoms with van der Waals surface area (Å²) in [4.78, 5) is 4.28. The largest absolute Gasteiger partial charge is 0.488 e. The van der Waals surface area contributed by atoms with E-state index in [-0.39, 0.29) is 0 Å². The minimum atomic E-state index is 0.338. The first kappa shape index (κ1) is 13.2. The van der Waals surface area contributed by atoms with E-state index in [2.05, 4.69) is 10.3 Å². The number of nitrogens with one attached hydrogen (secondary N) is 1. The van der Waals surface area contributed by atoms with Gasteiger partial charge in [0.1, 0.15) is 17.0 Å². The fourth-order valence-corrected chi connectivity index (χ4v) is 3.28. The molecule has 3 rings (SSSR count). The van der Waals surface area contributed by atoms with Gasteiger partial charge in [-0.2, -0.15) is 0 Å². The van der Waals surface area contributed by atoms with E-state index in [1.54, 1.807) is 0 Å². The molecule has 0 bridgehead atoms. The lowest BCUT2D eigenvalue weighted by atomic mass is 9.76. The Hall–Kier alpha value is -0.800. The minimum absolute atomic E-state index is 0.338. The molecule has 1 aromatic rings. The zero-order valence-electron chi connectivity index (χ0n) is 11.4. The molecular weight excluding hydrogens is 260 g/mol.